The summed E-state index contributed by atoms with van der Waals surface area (Å²) in [6.45, 7) is 6.59. The molecule has 2 aromatic heterocycles. The number of aliphatic hydroxyl groups is 1. The smallest absolute Gasteiger partial charge is 0.301 e. The molecule has 4 aromatic rings. The molecule has 1 saturated heterocycles. The van der Waals surface area contributed by atoms with Crippen molar-refractivity contribution in [1.82, 2.24) is 9.97 Å². The molecule has 1 fully saturated rings. The second-order valence-corrected chi connectivity index (χ2v) is 10.5. The molecule has 0 unspecified atom stereocenters. The second kappa shape index (κ2) is 10.9. The van der Waals surface area contributed by atoms with E-state index < -0.39 is 17.7 Å². The standard InChI is InChI=1S/C30H29N3O5S/c1-5-6-13-38-21-8-7-20(16-22(21)37-4)26-24(27(34)19-9-11-31-12-10-19)28(35)29(36)33(26)30-32-25-18(3)14-17(2)15-23(25)39-30/h7-12,14-16,26,34H,5-6,13H2,1-4H3/t26-/m1/s1. The minimum atomic E-state index is -0.932. The molecule has 1 aliphatic rings. The molecule has 8 nitrogen and oxygen atoms in total. The summed E-state index contributed by atoms with van der Waals surface area (Å²) in [6.07, 6.45) is 4.92. The fraction of sp³-hybridized carbons (Fsp3) is 0.267. The van der Waals surface area contributed by atoms with E-state index >= 15 is 0 Å². The highest BCUT2D eigenvalue weighted by Crippen LogP contribution is 2.46. The van der Waals surface area contributed by atoms with Crippen LogP contribution in [0.2, 0.25) is 0 Å². The highest BCUT2D eigenvalue weighted by molar-refractivity contribution is 7.22. The van der Waals surface area contributed by atoms with E-state index in [4.69, 9.17) is 14.5 Å². The van der Waals surface area contributed by atoms with Crippen LogP contribution in [0, 0.1) is 13.8 Å². The SMILES string of the molecule is CCCCOc1ccc([C@@H]2C(=C(O)c3ccncc3)C(=O)C(=O)N2c2nc3c(C)cc(C)cc3s2)cc1OC. The Labute approximate surface area is 230 Å². The second-order valence-electron chi connectivity index (χ2n) is 9.44. The number of hydrogen-bond donors (Lipinski definition) is 1. The average molecular weight is 544 g/mol. The molecule has 1 N–H and O–H groups in total. The summed E-state index contributed by atoms with van der Waals surface area (Å²) in [4.78, 5) is 37.3. The van der Waals surface area contributed by atoms with Crippen molar-refractivity contribution in [1.29, 1.82) is 0 Å². The number of anilines is 1. The third-order valence-corrected chi connectivity index (χ3v) is 7.68. The van der Waals surface area contributed by atoms with E-state index in [1.54, 1.807) is 37.4 Å². The van der Waals surface area contributed by atoms with Gasteiger partial charge in [0.15, 0.2) is 16.6 Å². The van der Waals surface area contributed by atoms with Gasteiger partial charge in [-0.25, -0.2) is 4.98 Å². The first kappa shape index (κ1) is 26.4. The van der Waals surface area contributed by atoms with Crippen molar-refractivity contribution in [3.05, 3.63) is 82.7 Å². The number of carbonyl (C=O) groups is 2. The number of aryl methyl sites for hydroxylation is 2. The molecule has 0 bridgehead atoms. The first-order valence-electron chi connectivity index (χ1n) is 12.7. The maximum atomic E-state index is 13.6. The molecule has 39 heavy (non-hydrogen) atoms. The molecule has 9 heteroatoms. The van der Waals surface area contributed by atoms with Gasteiger partial charge >= 0.3 is 5.91 Å². The number of fused-ring (bicyclic) bond motifs is 1. The molecule has 200 valence electrons. The van der Waals surface area contributed by atoms with Crippen LogP contribution in [-0.4, -0.2) is 40.5 Å². The van der Waals surface area contributed by atoms with Gasteiger partial charge in [-0.1, -0.05) is 36.8 Å². The normalized spacial score (nSPS) is 16.7. The predicted molar refractivity (Wildman–Crippen MR) is 152 cm³/mol. The number of Topliss-reactive ketones (excluding diaryl/α,β-unsaturated/α-hetero) is 1. The van der Waals surface area contributed by atoms with Crippen LogP contribution in [0.1, 0.15) is 48.1 Å². The minimum Gasteiger partial charge on any atom is -0.507 e. The van der Waals surface area contributed by atoms with Crippen LogP contribution in [0.3, 0.4) is 0 Å². The van der Waals surface area contributed by atoms with Crippen molar-refractivity contribution in [3.8, 4) is 11.5 Å². The number of ketones is 1. The third-order valence-electron chi connectivity index (χ3n) is 6.68. The zero-order valence-electron chi connectivity index (χ0n) is 22.2. The van der Waals surface area contributed by atoms with Gasteiger partial charge in [-0.15, -0.1) is 0 Å². The molecule has 2 aromatic carbocycles. The molecular weight excluding hydrogens is 514 g/mol. The number of ether oxygens (including phenoxy) is 2. The van der Waals surface area contributed by atoms with E-state index in [2.05, 4.69) is 11.9 Å². The maximum absolute atomic E-state index is 13.6. The Morgan fingerprint density at radius 1 is 1.08 bits per heavy atom. The Morgan fingerprint density at radius 3 is 2.56 bits per heavy atom. The molecule has 1 amide bonds. The van der Waals surface area contributed by atoms with Gasteiger partial charge in [-0.2, -0.15) is 0 Å². The highest BCUT2D eigenvalue weighted by atomic mass is 32.1. The zero-order chi connectivity index (χ0) is 27.7. The molecule has 0 spiro atoms. The molecular formula is C30H29N3O5S. The fourth-order valence-corrected chi connectivity index (χ4v) is 5.94. The number of thiazole rings is 1. The lowest BCUT2D eigenvalue weighted by Crippen LogP contribution is -2.29. The molecule has 1 aliphatic heterocycles. The zero-order valence-corrected chi connectivity index (χ0v) is 23.0. The number of hydrogen-bond acceptors (Lipinski definition) is 8. The lowest BCUT2D eigenvalue weighted by Gasteiger charge is -2.24. The number of benzene rings is 2. The number of methoxy groups -OCH3 is 1. The lowest BCUT2D eigenvalue weighted by molar-refractivity contribution is -0.132. The molecule has 0 saturated carbocycles. The number of amides is 1. The molecule has 5 rings (SSSR count). The number of carbonyl (C=O) groups excluding carboxylic acids is 2. The molecule has 1 atom stereocenters. The van der Waals surface area contributed by atoms with Crippen molar-refractivity contribution >= 4 is 44.1 Å². The van der Waals surface area contributed by atoms with Crippen molar-refractivity contribution in [2.45, 2.75) is 39.7 Å². The highest BCUT2D eigenvalue weighted by Gasteiger charge is 2.48. The molecule has 3 heterocycles. The predicted octanol–water partition coefficient (Wildman–Crippen LogP) is 6.12. The van der Waals surface area contributed by atoms with Gasteiger partial charge in [0.1, 0.15) is 5.76 Å². The number of nitrogens with zero attached hydrogens (tertiary/aromatic N) is 3. The van der Waals surface area contributed by atoms with Gasteiger partial charge in [0.2, 0.25) is 0 Å². The lowest BCUT2D eigenvalue weighted by atomic mass is 9.95. The Bertz CT molecular complexity index is 1600. The van der Waals surface area contributed by atoms with Gasteiger partial charge in [0.25, 0.3) is 5.78 Å². The van der Waals surface area contributed by atoms with Crippen LogP contribution in [0.25, 0.3) is 16.0 Å². The van der Waals surface area contributed by atoms with E-state index in [-0.39, 0.29) is 11.3 Å². The number of unbranched alkanes of at least 4 members (excludes halogenated alkanes) is 1. The van der Waals surface area contributed by atoms with Gasteiger partial charge in [0, 0.05) is 18.0 Å². The summed E-state index contributed by atoms with van der Waals surface area (Å²) in [5.41, 5.74) is 3.77. The fourth-order valence-electron chi connectivity index (χ4n) is 4.77. The molecule has 0 aliphatic carbocycles. The number of aliphatic hydroxyl groups excluding tert-OH is 1. The minimum absolute atomic E-state index is 0.0277. The topological polar surface area (TPSA) is 102 Å². The van der Waals surface area contributed by atoms with E-state index in [0.717, 1.165) is 34.2 Å². The number of pyridine rings is 1. The van der Waals surface area contributed by atoms with Crippen LogP contribution >= 0.6 is 11.3 Å². The van der Waals surface area contributed by atoms with Gasteiger partial charge in [0.05, 0.1) is 35.5 Å². The number of rotatable bonds is 8. The summed E-state index contributed by atoms with van der Waals surface area (Å²) in [5, 5.41) is 11.7. The van der Waals surface area contributed by atoms with Crippen LogP contribution in [-0.2, 0) is 9.59 Å². The van der Waals surface area contributed by atoms with E-state index in [9.17, 15) is 14.7 Å². The van der Waals surface area contributed by atoms with Gasteiger partial charge in [-0.3, -0.25) is 19.5 Å². The summed E-state index contributed by atoms with van der Waals surface area (Å²) in [5.74, 6) is -0.797. The van der Waals surface area contributed by atoms with Crippen LogP contribution in [0.4, 0.5) is 5.13 Å². The Kier molecular flexibility index (Phi) is 7.34. The summed E-state index contributed by atoms with van der Waals surface area (Å²) >= 11 is 1.33. The first-order chi connectivity index (χ1) is 18.8. The largest absolute Gasteiger partial charge is 0.507 e. The number of aromatic nitrogens is 2. The molecule has 0 radical (unpaired) electrons. The Balaban J connectivity index is 1.70. The summed E-state index contributed by atoms with van der Waals surface area (Å²) in [7, 11) is 1.54. The Morgan fingerprint density at radius 2 is 1.85 bits per heavy atom. The van der Waals surface area contributed by atoms with Gasteiger partial charge in [-0.05, 0) is 67.3 Å². The third kappa shape index (κ3) is 4.85. The van der Waals surface area contributed by atoms with Crippen LogP contribution < -0.4 is 14.4 Å². The maximum Gasteiger partial charge on any atom is 0.301 e. The monoisotopic (exact) mass is 543 g/mol. The first-order valence-corrected chi connectivity index (χ1v) is 13.6. The van der Waals surface area contributed by atoms with Crippen molar-refractivity contribution < 1.29 is 24.2 Å². The van der Waals surface area contributed by atoms with E-state index in [1.807, 2.05) is 26.0 Å². The summed E-state index contributed by atoms with van der Waals surface area (Å²) < 4.78 is 12.4. The van der Waals surface area contributed by atoms with E-state index in [0.29, 0.717) is 34.4 Å². The average Bonchev–Trinajstić information content (AvgIpc) is 3.47. The quantitative estimate of drug-likeness (QED) is 0.124. The van der Waals surface area contributed by atoms with Crippen molar-refractivity contribution in [2.24, 2.45) is 0 Å². The van der Waals surface area contributed by atoms with E-state index in [1.165, 1.54) is 28.6 Å². The van der Waals surface area contributed by atoms with Crippen LogP contribution in [0.5, 0.6) is 11.5 Å². The van der Waals surface area contributed by atoms with Crippen molar-refractivity contribution in [2.75, 3.05) is 18.6 Å². The summed E-state index contributed by atoms with van der Waals surface area (Å²) in [6, 6.07) is 11.6. The van der Waals surface area contributed by atoms with Crippen LogP contribution in [0.15, 0.2) is 60.4 Å². The van der Waals surface area contributed by atoms with Gasteiger partial charge < -0.3 is 14.6 Å². The van der Waals surface area contributed by atoms with Crippen molar-refractivity contribution in [3.63, 3.8) is 0 Å². The Hall–Kier alpha value is -4.24.